The molecule has 1 atom stereocenters. The summed E-state index contributed by atoms with van der Waals surface area (Å²) >= 11 is 3.00. The van der Waals surface area contributed by atoms with Gasteiger partial charge in [-0.15, -0.1) is 0 Å². The van der Waals surface area contributed by atoms with Crippen LogP contribution in [0.5, 0.6) is 0 Å². The topological polar surface area (TPSA) is 52.9 Å². The molecule has 1 N–H and O–H groups in total. The van der Waals surface area contributed by atoms with Crippen LogP contribution in [0, 0.1) is 23.1 Å². The highest BCUT2D eigenvalue weighted by Crippen LogP contribution is 2.16. The lowest BCUT2D eigenvalue weighted by Gasteiger charge is -2.06. The molecule has 16 heavy (non-hydrogen) atoms. The van der Waals surface area contributed by atoms with Gasteiger partial charge in [0.25, 0.3) is 5.91 Å². The van der Waals surface area contributed by atoms with Crippen molar-refractivity contribution in [3.63, 3.8) is 0 Å². The maximum absolute atomic E-state index is 13.1. The zero-order chi connectivity index (χ0) is 12.1. The summed E-state index contributed by atoms with van der Waals surface area (Å²) in [5, 5.41) is 11.1. The zero-order valence-corrected chi connectivity index (χ0v) is 10.2. The highest BCUT2D eigenvalue weighted by atomic mass is 79.9. The van der Waals surface area contributed by atoms with E-state index >= 15 is 0 Å². The first-order valence-corrected chi connectivity index (χ1v) is 5.46. The van der Waals surface area contributed by atoms with E-state index in [9.17, 15) is 9.18 Å². The molecule has 5 heteroatoms. The van der Waals surface area contributed by atoms with E-state index in [-0.39, 0.29) is 23.9 Å². The van der Waals surface area contributed by atoms with Crippen LogP contribution in [0.3, 0.4) is 0 Å². The minimum atomic E-state index is -0.485. The highest BCUT2D eigenvalue weighted by molar-refractivity contribution is 9.10. The van der Waals surface area contributed by atoms with Crippen LogP contribution in [0.4, 0.5) is 4.39 Å². The average molecular weight is 285 g/mol. The Hall–Kier alpha value is -1.41. The molecular weight excluding hydrogens is 275 g/mol. The number of nitrogens with zero attached hydrogens (tertiary/aromatic N) is 1. The van der Waals surface area contributed by atoms with E-state index in [4.69, 9.17) is 5.26 Å². The molecule has 1 aromatic carbocycles. The first-order valence-electron chi connectivity index (χ1n) is 4.67. The third kappa shape index (κ3) is 3.31. The van der Waals surface area contributed by atoms with Crippen molar-refractivity contribution in [1.82, 2.24) is 5.32 Å². The van der Waals surface area contributed by atoms with Gasteiger partial charge < -0.3 is 5.32 Å². The molecule has 1 rings (SSSR count). The lowest BCUT2D eigenvalue weighted by atomic mass is 10.2. The Morgan fingerprint density at radius 3 is 2.94 bits per heavy atom. The van der Waals surface area contributed by atoms with Gasteiger partial charge in [0.1, 0.15) is 5.82 Å². The van der Waals surface area contributed by atoms with Crippen molar-refractivity contribution in [2.24, 2.45) is 5.92 Å². The van der Waals surface area contributed by atoms with Crippen LogP contribution in [0.1, 0.15) is 17.3 Å². The number of rotatable bonds is 3. The highest BCUT2D eigenvalue weighted by Gasteiger charge is 2.09. The van der Waals surface area contributed by atoms with Gasteiger partial charge in [-0.25, -0.2) is 4.39 Å². The van der Waals surface area contributed by atoms with Gasteiger partial charge in [-0.2, -0.15) is 5.26 Å². The molecule has 3 nitrogen and oxygen atoms in total. The van der Waals surface area contributed by atoms with Crippen LogP contribution in [0.2, 0.25) is 0 Å². The number of hydrogen-bond donors (Lipinski definition) is 1. The van der Waals surface area contributed by atoms with Crippen molar-refractivity contribution in [3.8, 4) is 6.07 Å². The summed E-state index contributed by atoms with van der Waals surface area (Å²) in [7, 11) is 0. The van der Waals surface area contributed by atoms with E-state index in [0.29, 0.717) is 4.47 Å². The fraction of sp³-hybridized carbons (Fsp3) is 0.273. The maximum atomic E-state index is 13.1. The van der Waals surface area contributed by atoms with Gasteiger partial charge in [0.05, 0.1) is 16.5 Å². The smallest absolute Gasteiger partial charge is 0.251 e. The van der Waals surface area contributed by atoms with E-state index in [1.54, 1.807) is 6.92 Å². The lowest BCUT2D eigenvalue weighted by molar-refractivity contribution is 0.0950. The van der Waals surface area contributed by atoms with Gasteiger partial charge in [0.2, 0.25) is 0 Å². The molecule has 1 amide bonds. The van der Waals surface area contributed by atoms with Gasteiger partial charge >= 0.3 is 0 Å². The standard InChI is InChI=1S/C11H10BrFN2O/c1-7(5-14)6-15-11(16)8-2-3-9(12)10(13)4-8/h2-4,7H,6H2,1H3,(H,15,16). The quantitative estimate of drug-likeness (QED) is 0.927. The van der Waals surface area contributed by atoms with E-state index in [1.807, 2.05) is 6.07 Å². The molecule has 1 unspecified atom stereocenters. The molecule has 0 aliphatic carbocycles. The number of carbonyl (C=O) groups excluding carboxylic acids is 1. The van der Waals surface area contributed by atoms with Crippen molar-refractivity contribution in [3.05, 3.63) is 34.1 Å². The molecular formula is C11H10BrFN2O. The molecule has 0 bridgehead atoms. The summed E-state index contributed by atoms with van der Waals surface area (Å²) in [6.45, 7) is 1.95. The normalized spacial score (nSPS) is 11.6. The zero-order valence-electron chi connectivity index (χ0n) is 8.63. The third-order valence-corrected chi connectivity index (χ3v) is 2.61. The van der Waals surface area contributed by atoms with Crippen LogP contribution < -0.4 is 5.32 Å². The van der Waals surface area contributed by atoms with E-state index in [1.165, 1.54) is 12.1 Å². The number of amides is 1. The number of halogens is 2. The average Bonchev–Trinajstić information content (AvgIpc) is 2.29. The molecule has 0 aliphatic heterocycles. The predicted octanol–water partition coefficient (Wildman–Crippen LogP) is 2.48. The summed E-state index contributed by atoms with van der Waals surface area (Å²) in [4.78, 5) is 11.5. The van der Waals surface area contributed by atoms with Gasteiger partial charge in [0, 0.05) is 12.1 Å². The first kappa shape index (κ1) is 12.7. The van der Waals surface area contributed by atoms with Gasteiger partial charge in [-0.1, -0.05) is 0 Å². The minimum absolute atomic E-state index is 0.242. The van der Waals surface area contributed by atoms with Crippen molar-refractivity contribution in [2.45, 2.75) is 6.92 Å². The molecule has 0 spiro atoms. The Labute approximate surface area is 101 Å². The molecule has 0 aromatic heterocycles. The fourth-order valence-electron chi connectivity index (χ4n) is 1.03. The second-order valence-electron chi connectivity index (χ2n) is 3.37. The first-order chi connectivity index (χ1) is 7.54. The van der Waals surface area contributed by atoms with Crippen molar-refractivity contribution < 1.29 is 9.18 Å². The molecule has 0 radical (unpaired) electrons. The number of hydrogen-bond acceptors (Lipinski definition) is 2. The van der Waals surface area contributed by atoms with E-state index in [0.717, 1.165) is 6.07 Å². The van der Waals surface area contributed by atoms with Crippen molar-refractivity contribution in [1.29, 1.82) is 5.26 Å². The molecule has 0 saturated heterocycles. The summed E-state index contributed by atoms with van der Waals surface area (Å²) in [5.41, 5.74) is 0.242. The van der Waals surface area contributed by atoms with Crippen LogP contribution in [0.25, 0.3) is 0 Å². The predicted molar refractivity (Wildman–Crippen MR) is 61.2 cm³/mol. The number of nitriles is 1. The molecule has 0 aliphatic rings. The van der Waals surface area contributed by atoms with Crippen molar-refractivity contribution in [2.75, 3.05) is 6.54 Å². The second-order valence-corrected chi connectivity index (χ2v) is 4.22. The molecule has 84 valence electrons. The third-order valence-electron chi connectivity index (χ3n) is 1.97. The van der Waals surface area contributed by atoms with Crippen molar-refractivity contribution >= 4 is 21.8 Å². The monoisotopic (exact) mass is 284 g/mol. The summed E-state index contributed by atoms with van der Waals surface area (Å²) in [5.74, 6) is -1.13. The van der Waals surface area contributed by atoms with Crippen LogP contribution in [-0.4, -0.2) is 12.5 Å². The molecule has 1 aromatic rings. The molecule has 0 saturated carbocycles. The maximum Gasteiger partial charge on any atom is 0.251 e. The van der Waals surface area contributed by atoms with E-state index in [2.05, 4.69) is 21.2 Å². The van der Waals surface area contributed by atoms with Gasteiger partial charge in [-0.05, 0) is 41.1 Å². The molecule has 0 heterocycles. The Morgan fingerprint density at radius 1 is 1.69 bits per heavy atom. The van der Waals surface area contributed by atoms with Crippen LogP contribution in [-0.2, 0) is 0 Å². The van der Waals surface area contributed by atoms with E-state index < -0.39 is 5.82 Å². The number of carbonyl (C=O) groups is 1. The Morgan fingerprint density at radius 2 is 2.38 bits per heavy atom. The van der Waals surface area contributed by atoms with Crippen LogP contribution in [0.15, 0.2) is 22.7 Å². The lowest BCUT2D eigenvalue weighted by Crippen LogP contribution is -2.27. The van der Waals surface area contributed by atoms with Crippen LogP contribution >= 0.6 is 15.9 Å². The SMILES string of the molecule is CC(C#N)CNC(=O)c1ccc(Br)c(F)c1. The Kier molecular flexibility index (Phi) is 4.44. The largest absolute Gasteiger partial charge is 0.351 e. The minimum Gasteiger partial charge on any atom is -0.351 e. The summed E-state index contributed by atoms with van der Waals surface area (Å²) < 4.78 is 13.4. The Balaban J connectivity index is 2.67. The fourth-order valence-corrected chi connectivity index (χ4v) is 1.28. The summed E-state index contributed by atoms with van der Waals surface area (Å²) in [6, 6.07) is 6.13. The number of nitrogens with one attached hydrogen (secondary N) is 1. The Bertz CT molecular complexity index is 442. The summed E-state index contributed by atoms with van der Waals surface area (Å²) in [6.07, 6.45) is 0. The second kappa shape index (κ2) is 5.61. The molecule has 0 fully saturated rings. The van der Waals surface area contributed by atoms with Gasteiger partial charge in [0.15, 0.2) is 0 Å². The number of benzene rings is 1. The van der Waals surface area contributed by atoms with Gasteiger partial charge in [-0.3, -0.25) is 4.79 Å².